The lowest BCUT2D eigenvalue weighted by molar-refractivity contribution is -0.119. The first-order chi connectivity index (χ1) is 15.3. The first kappa shape index (κ1) is 23.7. The molecule has 2 aromatic rings. The van der Waals surface area contributed by atoms with Gasteiger partial charge in [0.2, 0.25) is 10.0 Å². The van der Waals surface area contributed by atoms with Crippen LogP contribution in [0.15, 0.2) is 47.4 Å². The summed E-state index contributed by atoms with van der Waals surface area (Å²) in [6, 6.07) is 9.52. The first-order valence-corrected chi connectivity index (χ1v) is 11.7. The van der Waals surface area contributed by atoms with Crippen molar-refractivity contribution in [2.75, 3.05) is 32.1 Å². The molecule has 1 amide bonds. The Morgan fingerprint density at radius 2 is 1.75 bits per heavy atom. The number of esters is 1. The molecule has 0 atom stereocenters. The summed E-state index contributed by atoms with van der Waals surface area (Å²) in [6.07, 6.45) is 3.51. The molecular formula is C22H25FN2O6S. The van der Waals surface area contributed by atoms with E-state index in [1.807, 2.05) is 0 Å². The number of anilines is 1. The number of halogens is 1. The fourth-order valence-electron chi connectivity index (χ4n) is 3.40. The lowest BCUT2D eigenvalue weighted by Crippen LogP contribution is -2.32. The Morgan fingerprint density at radius 1 is 1.06 bits per heavy atom. The Bertz CT molecular complexity index is 1080. The average molecular weight is 465 g/mol. The van der Waals surface area contributed by atoms with E-state index in [0.29, 0.717) is 13.1 Å². The van der Waals surface area contributed by atoms with Gasteiger partial charge < -0.3 is 14.8 Å². The maximum atomic E-state index is 13.6. The zero-order valence-electron chi connectivity index (χ0n) is 17.7. The number of sulfonamides is 1. The van der Waals surface area contributed by atoms with Crippen LogP contribution in [0, 0.1) is 5.82 Å². The van der Waals surface area contributed by atoms with Crippen LogP contribution in [0.3, 0.4) is 0 Å². The number of amides is 1. The van der Waals surface area contributed by atoms with Crippen LogP contribution < -0.4 is 10.1 Å². The Morgan fingerprint density at radius 3 is 2.41 bits per heavy atom. The van der Waals surface area contributed by atoms with E-state index in [1.165, 1.54) is 47.8 Å². The van der Waals surface area contributed by atoms with E-state index in [9.17, 15) is 22.4 Å². The summed E-state index contributed by atoms with van der Waals surface area (Å²) in [4.78, 5) is 24.6. The molecule has 0 bridgehead atoms. The Balaban J connectivity index is 1.74. The monoisotopic (exact) mass is 464 g/mol. The van der Waals surface area contributed by atoms with Crippen LogP contribution in [0.2, 0.25) is 0 Å². The SMILES string of the molecule is COc1ccc(S(=O)(=O)N2CCCCCC2)cc1C(=O)OCC(=O)Nc1ccccc1F. The average Bonchev–Trinajstić information content (AvgIpc) is 3.09. The van der Waals surface area contributed by atoms with Gasteiger partial charge in [0.25, 0.3) is 5.91 Å². The lowest BCUT2D eigenvalue weighted by atomic mass is 10.2. The molecular weight excluding hydrogens is 439 g/mol. The van der Waals surface area contributed by atoms with Crippen LogP contribution >= 0.6 is 0 Å². The highest BCUT2D eigenvalue weighted by molar-refractivity contribution is 7.89. The second kappa shape index (κ2) is 10.6. The maximum Gasteiger partial charge on any atom is 0.342 e. The van der Waals surface area contributed by atoms with E-state index < -0.39 is 34.3 Å². The third-order valence-corrected chi connectivity index (χ3v) is 6.97. The summed E-state index contributed by atoms with van der Waals surface area (Å²) in [5, 5.41) is 2.31. The standard InChI is InChI=1S/C22H25FN2O6S/c1-30-20-11-10-16(32(28,29)25-12-6-2-3-7-13-25)14-17(20)22(27)31-15-21(26)24-19-9-5-4-8-18(19)23/h4-5,8-11,14H,2-3,6-7,12-13,15H2,1H3,(H,24,26). The predicted octanol–water partition coefficient (Wildman–Crippen LogP) is 3.19. The van der Waals surface area contributed by atoms with Crippen LogP contribution in [0.4, 0.5) is 10.1 Å². The van der Waals surface area contributed by atoms with Gasteiger partial charge in [-0.25, -0.2) is 17.6 Å². The fourth-order valence-corrected chi connectivity index (χ4v) is 4.94. The van der Waals surface area contributed by atoms with Crippen molar-refractivity contribution in [2.24, 2.45) is 0 Å². The molecule has 0 saturated carbocycles. The molecule has 0 unspecified atom stereocenters. The van der Waals surface area contributed by atoms with E-state index in [1.54, 1.807) is 6.07 Å². The third kappa shape index (κ3) is 5.63. The maximum absolute atomic E-state index is 13.6. The Kier molecular flexibility index (Phi) is 7.81. The molecule has 1 saturated heterocycles. The van der Waals surface area contributed by atoms with Crippen molar-refractivity contribution < 1.29 is 31.9 Å². The van der Waals surface area contributed by atoms with Gasteiger partial charge in [0, 0.05) is 13.1 Å². The molecule has 1 aliphatic heterocycles. The van der Waals surface area contributed by atoms with Gasteiger partial charge in [-0.05, 0) is 43.2 Å². The molecule has 1 heterocycles. The van der Waals surface area contributed by atoms with Gasteiger partial charge in [0.05, 0.1) is 17.7 Å². The molecule has 1 aliphatic rings. The Hall–Kier alpha value is -2.98. The largest absolute Gasteiger partial charge is 0.496 e. The highest BCUT2D eigenvalue weighted by Crippen LogP contribution is 2.27. The molecule has 1 fully saturated rings. The van der Waals surface area contributed by atoms with Crippen LogP contribution in [-0.4, -0.2) is 51.4 Å². The van der Waals surface area contributed by atoms with Gasteiger partial charge >= 0.3 is 5.97 Å². The van der Waals surface area contributed by atoms with Crippen LogP contribution in [0.5, 0.6) is 5.75 Å². The Labute approximate surface area is 186 Å². The molecule has 0 aliphatic carbocycles. The highest BCUT2D eigenvalue weighted by Gasteiger charge is 2.27. The fraction of sp³-hybridized carbons (Fsp3) is 0.364. The van der Waals surface area contributed by atoms with Crippen LogP contribution in [0.25, 0.3) is 0 Å². The number of methoxy groups -OCH3 is 1. The van der Waals surface area contributed by atoms with Crippen molar-refractivity contribution in [3.05, 3.63) is 53.8 Å². The number of carbonyl (C=O) groups excluding carboxylic acids is 2. The molecule has 10 heteroatoms. The second-order valence-corrected chi connectivity index (χ2v) is 9.22. The van der Waals surface area contributed by atoms with E-state index in [4.69, 9.17) is 9.47 Å². The summed E-state index contributed by atoms with van der Waals surface area (Å²) in [5.41, 5.74) is -0.168. The van der Waals surface area contributed by atoms with E-state index in [-0.39, 0.29) is 21.9 Å². The minimum atomic E-state index is -3.79. The topological polar surface area (TPSA) is 102 Å². The molecule has 0 aromatic heterocycles. The molecule has 2 aromatic carbocycles. The van der Waals surface area contributed by atoms with Gasteiger partial charge in [-0.2, -0.15) is 4.31 Å². The lowest BCUT2D eigenvalue weighted by Gasteiger charge is -2.20. The molecule has 8 nitrogen and oxygen atoms in total. The minimum absolute atomic E-state index is 0.0447. The van der Waals surface area contributed by atoms with Gasteiger partial charge in [0.15, 0.2) is 6.61 Å². The van der Waals surface area contributed by atoms with Gasteiger partial charge in [-0.15, -0.1) is 0 Å². The number of hydrogen-bond donors (Lipinski definition) is 1. The molecule has 0 radical (unpaired) electrons. The molecule has 32 heavy (non-hydrogen) atoms. The zero-order valence-corrected chi connectivity index (χ0v) is 18.5. The van der Waals surface area contributed by atoms with E-state index in [0.717, 1.165) is 25.7 Å². The number of nitrogens with zero attached hydrogens (tertiary/aromatic N) is 1. The number of para-hydroxylation sites is 1. The smallest absolute Gasteiger partial charge is 0.342 e. The van der Waals surface area contributed by atoms with Crippen molar-refractivity contribution in [3.63, 3.8) is 0 Å². The van der Waals surface area contributed by atoms with Crippen molar-refractivity contribution >= 4 is 27.6 Å². The molecule has 0 spiro atoms. The number of rotatable bonds is 7. The minimum Gasteiger partial charge on any atom is -0.496 e. The first-order valence-electron chi connectivity index (χ1n) is 10.2. The molecule has 3 rings (SSSR count). The highest BCUT2D eigenvalue weighted by atomic mass is 32.2. The summed E-state index contributed by atoms with van der Waals surface area (Å²) in [6.45, 7) is 0.161. The summed E-state index contributed by atoms with van der Waals surface area (Å²) < 4.78 is 51.3. The number of nitrogens with one attached hydrogen (secondary N) is 1. The zero-order chi connectivity index (χ0) is 23.1. The van der Waals surface area contributed by atoms with Crippen molar-refractivity contribution in [1.29, 1.82) is 0 Å². The number of hydrogen-bond acceptors (Lipinski definition) is 6. The van der Waals surface area contributed by atoms with E-state index >= 15 is 0 Å². The van der Waals surface area contributed by atoms with Crippen LogP contribution in [-0.2, 0) is 19.6 Å². The second-order valence-electron chi connectivity index (χ2n) is 7.28. The van der Waals surface area contributed by atoms with Gasteiger partial charge in [-0.3, -0.25) is 4.79 Å². The van der Waals surface area contributed by atoms with E-state index in [2.05, 4.69) is 5.32 Å². The van der Waals surface area contributed by atoms with Crippen molar-refractivity contribution in [2.45, 2.75) is 30.6 Å². The third-order valence-electron chi connectivity index (χ3n) is 5.08. The molecule has 1 N–H and O–H groups in total. The van der Waals surface area contributed by atoms with Gasteiger partial charge in [0.1, 0.15) is 17.1 Å². The number of carbonyl (C=O) groups is 2. The van der Waals surface area contributed by atoms with Gasteiger partial charge in [-0.1, -0.05) is 25.0 Å². The van der Waals surface area contributed by atoms with Crippen molar-refractivity contribution in [1.82, 2.24) is 4.31 Å². The summed E-state index contributed by atoms with van der Waals surface area (Å²) in [7, 11) is -2.46. The number of benzene rings is 2. The summed E-state index contributed by atoms with van der Waals surface area (Å²) in [5.74, 6) is -2.19. The van der Waals surface area contributed by atoms with Crippen LogP contribution in [0.1, 0.15) is 36.0 Å². The number of ether oxygens (including phenoxy) is 2. The molecule has 172 valence electrons. The normalized spacial score (nSPS) is 14.9. The summed E-state index contributed by atoms with van der Waals surface area (Å²) >= 11 is 0. The van der Waals surface area contributed by atoms with Crippen molar-refractivity contribution in [3.8, 4) is 5.75 Å². The quantitative estimate of drug-likeness (QED) is 0.632. The predicted molar refractivity (Wildman–Crippen MR) is 116 cm³/mol.